The van der Waals surface area contributed by atoms with Gasteiger partial charge in [-0.1, -0.05) is 6.07 Å². The number of carbonyl (C=O) groups is 1. The maximum Gasteiger partial charge on any atom is 0.259 e. The molecular weight excluding hydrogens is 306 g/mol. The van der Waals surface area contributed by atoms with Crippen LogP contribution in [0.4, 0.5) is 5.69 Å². The van der Waals surface area contributed by atoms with E-state index in [0.717, 1.165) is 30.8 Å². The van der Waals surface area contributed by atoms with Crippen LogP contribution in [0.3, 0.4) is 0 Å². The Bertz CT molecular complexity index is 729. The number of rotatable bonds is 5. The molecule has 1 aromatic carbocycles. The first-order valence-corrected chi connectivity index (χ1v) is 8.26. The lowest BCUT2D eigenvalue weighted by Crippen LogP contribution is -2.18. The van der Waals surface area contributed by atoms with Crippen LogP contribution in [-0.4, -0.2) is 25.2 Å². The fourth-order valence-electron chi connectivity index (χ4n) is 2.86. The van der Waals surface area contributed by atoms with Crippen LogP contribution in [0, 0.1) is 20.8 Å². The molecule has 0 spiro atoms. The number of furan rings is 1. The second kappa shape index (κ2) is 7.09. The molecule has 1 aromatic heterocycles. The Morgan fingerprint density at radius 3 is 2.79 bits per heavy atom. The summed E-state index contributed by atoms with van der Waals surface area (Å²) >= 11 is 0. The normalized spacial score (nSPS) is 17.0. The maximum absolute atomic E-state index is 12.5. The topological polar surface area (TPSA) is 60.7 Å². The first-order valence-electron chi connectivity index (χ1n) is 8.26. The molecule has 0 aliphatic carbocycles. The Morgan fingerprint density at radius 2 is 2.12 bits per heavy atom. The number of aryl methyl sites for hydroxylation is 3. The van der Waals surface area contributed by atoms with Crippen LogP contribution >= 0.6 is 0 Å². The van der Waals surface area contributed by atoms with Gasteiger partial charge < -0.3 is 19.2 Å². The molecule has 128 valence electrons. The largest absolute Gasteiger partial charge is 0.489 e. The molecule has 2 heterocycles. The number of ether oxygens (including phenoxy) is 2. The van der Waals surface area contributed by atoms with Crippen molar-refractivity contribution in [3.05, 3.63) is 46.9 Å². The van der Waals surface area contributed by atoms with Gasteiger partial charge in [0.2, 0.25) is 0 Å². The van der Waals surface area contributed by atoms with Gasteiger partial charge in [0.05, 0.1) is 17.4 Å². The van der Waals surface area contributed by atoms with Crippen LogP contribution in [0.25, 0.3) is 0 Å². The van der Waals surface area contributed by atoms with E-state index in [1.54, 1.807) is 13.0 Å². The molecule has 2 aromatic rings. The summed E-state index contributed by atoms with van der Waals surface area (Å²) in [6.45, 7) is 6.90. The van der Waals surface area contributed by atoms with Crippen molar-refractivity contribution >= 4 is 11.6 Å². The van der Waals surface area contributed by atoms with Gasteiger partial charge in [-0.2, -0.15) is 0 Å². The van der Waals surface area contributed by atoms with Crippen molar-refractivity contribution in [2.45, 2.75) is 39.7 Å². The minimum atomic E-state index is -0.199. The highest BCUT2D eigenvalue weighted by molar-refractivity contribution is 6.05. The fourth-order valence-corrected chi connectivity index (χ4v) is 2.86. The van der Waals surface area contributed by atoms with Crippen LogP contribution in [0.2, 0.25) is 0 Å². The smallest absolute Gasteiger partial charge is 0.259 e. The quantitative estimate of drug-likeness (QED) is 0.900. The average Bonchev–Trinajstić information content (AvgIpc) is 3.16. The molecular formula is C19H23NO4. The number of hydrogen-bond donors (Lipinski definition) is 1. The zero-order valence-electron chi connectivity index (χ0n) is 14.3. The standard InChI is InChI=1S/C19H23NO4/c1-12-6-7-17(18(9-12)23-11-15-5-4-8-22-15)20-19(21)16-10-13(2)24-14(16)3/h6-7,9-10,15H,4-5,8,11H2,1-3H3,(H,20,21)/t15-/m1/s1. The van der Waals surface area contributed by atoms with E-state index in [1.165, 1.54) is 0 Å². The molecule has 0 bridgehead atoms. The molecule has 0 radical (unpaired) electrons. The first-order chi connectivity index (χ1) is 11.5. The van der Waals surface area contributed by atoms with Gasteiger partial charge in [-0.05, 0) is 57.4 Å². The van der Waals surface area contributed by atoms with Crippen LogP contribution in [-0.2, 0) is 4.74 Å². The first kappa shape index (κ1) is 16.6. The number of amides is 1. The van der Waals surface area contributed by atoms with Crippen molar-refractivity contribution in [2.75, 3.05) is 18.5 Å². The van der Waals surface area contributed by atoms with E-state index in [1.807, 2.05) is 32.0 Å². The van der Waals surface area contributed by atoms with Gasteiger partial charge in [-0.25, -0.2) is 0 Å². The highest BCUT2D eigenvalue weighted by Gasteiger charge is 2.19. The molecule has 1 aliphatic rings. The minimum absolute atomic E-state index is 0.132. The van der Waals surface area contributed by atoms with E-state index in [0.29, 0.717) is 29.4 Å². The van der Waals surface area contributed by atoms with E-state index < -0.39 is 0 Å². The molecule has 1 N–H and O–H groups in total. The molecule has 0 saturated carbocycles. The van der Waals surface area contributed by atoms with Crippen molar-refractivity contribution in [3.8, 4) is 5.75 Å². The molecule has 24 heavy (non-hydrogen) atoms. The predicted molar refractivity (Wildman–Crippen MR) is 91.8 cm³/mol. The number of anilines is 1. The van der Waals surface area contributed by atoms with Crippen LogP contribution < -0.4 is 10.1 Å². The van der Waals surface area contributed by atoms with Gasteiger partial charge in [0.15, 0.2) is 0 Å². The second-order valence-corrected chi connectivity index (χ2v) is 6.23. The van der Waals surface area contributed by atoms with Gasteiger partial charge in [-0.15, -0.1) is 0 Å². The highest BCUT2D eigenvalue weighted by Crippen LogP contribution is 2.28. The molecule has 0 unspecified atom stereocenters. The Kier molecular flexibility index (Phi) is 4.90. The number of carbonyl (C=O) groups excluding carboxylic acids is 1. The average molecular weight is 329 g/mol. The molecule has 1 amide bonds. The Balaban J connectivity index is 1.74. The van der Waals surface area contributed by atoms with E-state index in [4.69, 9.17) is 13.9 Å². The fraction of sp³-hybridized carbons (Fsp3) is 0.421. The molecule has 1 aliphatic heterocycles. The number of hydrogen-bond acceptors (Lipinski definition) is 4. The van der Waals surface area contributed by atoms with E-state index >= 15 is 0 Å². The summed E-state index contributed by atoms with van der Waals surface area (Å²) < 4.78 is 16.9. The van der Waals surface area contributed by atoms with Crippen molar-refractivity contribution in [2.24, 2.45) is 0 Å². The highest BCUT2D eigenvalue weighted by atomic mass is 16.5. The van der Waals surface area contributed by atoms with Crippen molar-refractivity contribution in [1.29, 1.82) is 0 Å². The number of benzene rings is 1. The molecule has 1 atom stereocenters. The zero-order valence-corrected chi connectivity index (χ0v) is 14.3. The molecule has 5 nitrogen and oxygen atoms in total. The third-order valence-corrected chi connectivity index (χ3v) is 4.12. The van der Waals surface area contributed by atoms with Crippen molar-refractivity contribution in [1.82, 2.24) is 0 Å². The minimum Gasteiger partial charge on any atom is -0.489 e. The molecule has 1 saturated heterocycles. The Morgan fingerprint density at radius 1 is 1.29 bits per heavy atom. The van der Waals surface area contributed by atoms with Crippen molar-refractivity contribution < 1.29 is 18.7 Å². The SMILES string of the molecule is Cc1ccc(NC(=O)c2cc(C)oc2C)c(OC[C@H]2CCCO2)c1. The van der Waals surface area contributed by atoms with Gasteiger partial charge >= 0.3 is 0 Å². The van der Waals surface area contributed by atoms with E-state index in [-0.39, 0.29) is 12.0 Å². The summed E-state index contributed by atoms with van der Waals surface area (Å²) in [5.41, 5.74) is 2.27. The summed E-state index contributed by atoms with van der Waals surface area (Å²) in [7, 11) is 0. The number of nitrogens with one attached hydrogen (secondary N) is 1. The monoisotopic (exact) mass is 329 g/mol. The maximum atomic E-state index is 12.5. The Hall–Kier alpha value is -2.27. The van der Waals surface area contributed by atoms with Crippen molar-refractivity contribution in [3.63, 3.8) is 0 Å². The van der Waals surface area contributed by atoms with Gasteiger partial charge in [0.25, 0.3) is 5.91 Å². The van der Waals surface area contributed by atoms with E-state index in [2.05, 4.69) is 5.32 Å². The molecule has 5 heteroatoms. The summed E-state index contributed by atoms with van der Waals surface area (Å²) in [5, 5.41) is 2.92. The summed E-state index contributed by atoms with van der Waals surface area (Å²) in [5.74, 6) is 1.79. The summed E-state index contributed by atoms with van der Waals surface area (Å²) in [6, 6.07) is 7.48. The summed E-state index contributed by atoms with van der Waals surface area (Å²) in [6.07, 6.45) is 2.22. The molecule has 3 rings (SSSR count). The van der Waals surface area contributed by atoms with Crippen LogP contribution in [0.1, 0.15) is 40.3 Å². The van der Waals surface area contributed by atoms with E-state index in [9.17, 15) is 4.79 Å². The van der Waals surface area contributed by atoms with Gasteiger partial charge in [0.1, 0.15) is 23.9 Å². The van der Waals surface area contributed by atoms with Gasteiger partial charge in [0, 0.05) is 6.61 Å². The lowest BCUT2D eigenvalue weighted by Gasteiger charge is -2.16. The predicted octanol–water partition coefficient (Wildman–Crippen LogP) is 4.01. The third-order valence-electron chi connectivity index (χ3n) is 4.12. The summed E-state index contributed by atoms with van der Waals surface area (Å²) in [4.78, 5) is 12.5. The lowest BCUT2D eigenvalue weighted by atomic mass is 10.2. The zero-order chi connectivity index (χ0) is 17.1. The lowest BCUT2D eigenvalue weighted by molar-refractivity contribution is 0.0681. The third kappa shape index (κ3) is 3.79. The second-order valence-electron chi connectivity index (χ2n) is 6.23. The van der Waals surface area contributed by atoms with Crippen LogP contribution in [0.15, 0.2) is 28.7 Å². The Labute approximate surface area is 141 Å². The van der Waals surface area contributed by atoms with Crippen LogP contribution in [0.5, 0.6) is 5.75 Å². The molecule has 1 fully saturated rings. The van der Waals surface area contributed by atoms with Gasteiger partial charge in [-0.3, -0.25) is 4.79 Å².